The second-order valence-corrected chi connectivity index (χ2v) is 5.72. The van der Waals surface area contributed by atoms with Crippen LogP contribution in [0.15, 0.2) is 40.8 Å². The molecule has 0 aliphatic heterocycles. The van der Waals surface area contributed by atoms with Crippen molar-refractivity contribution in [2.24, 2.45) is 0 Å². The van der Waals surface area contributed by atoms with Gasteiger partial charge in [0, 0.05) is 16.9 Å². The molecule has 0 aliphatic carbocycles. The van der Waals surface area contributed by atoms with Gasteiger partial charge in [-0.25, -0.2) is 4.79 Å². The fourth-order valence-electron chi connectivity index (χ4n) is 1.96. The van der Waals surface area contributed by atoms with E-state index in [-0.39, 0.29) is 0 Å². The van der Waals surface area contributed by atoms with Crippen LogP contribution >= 0.6 is 11.8 Å². The molecule has 2 N–H and O–H groups in total. The zero-order valence-electron chi connectivity index (χ0n) is 12.3. The molecule has 5 nitrogen and oxygen atoms in total. The minimum absolute atomic E-state index is 0.324. The molecule has 1 aromatic heterocycles. The van der Waals surface area contributed by atoms with E-state index >= 15 is 0 Å². The molecule has 0 spiro atoms. The number of carbonyl (C=O) groups excluding carboxylic acids is 1. The Morgan fingerprint density at radius 1 is 1.23 bits per heavy atom. The highest BCUT2D eigenvalue weighted by molar-refractivity contribution is 7.98. The van der Waals surface area contributed by atoms with Crippen LogP contribution in [-0.2, 0) is 4.79 Å². The van der Waals surface area contributed by atoms with Gasteiger partial charge in [0.25, 0.3) is 5.91 Å². The summed E-state index contributed by atoms with van der Waals surface area (Å²) in [7, 11) is 0. The molecule has 1 heterocycles. The first-order valence-corrected chi connectivity index (χ1v) is 8.10. The molecule has 1 atom stereocenters. The van der Waals surface area contributed by atoms with E-state index < -0.39 is 17.9 Å². The average molecular weight is 319 g/mol. The van der Waals surface area contributed by atoms with Gasteiger partial charge < -0.3 is 14.8 Å². The van der Waals surface area contributed by atoms with Gasteiger partial charge in [-0.05, 0) is 37.4 Å². The summed E-state index contributed by atoms with van der Waals surface area (Å²) in [4.78, 5) is 23.1. The predicted octanol–water partition coefficient (Wildman–Crippen LogP) is 2.80. The van der Waals surface area contributed by atoms with Crippen molar-refractivity contribution < 1.29 is 19.1 Å². The van der Waals surface area contributed by atoms with Gasteiger partial charge in [-0.3, -0.25) is 4.79 Å². The molecule has 22 heavy (non-hydrogen) atoms. The Morgan fingerprint density at radius 2 is 1.91 bits per heavy atom. The lowest BCUT2D eigenvalue weighted by molar-refractivity contribution is -0.138. The number of carboxylic acid groups (broad SMARTS) is 1. The number of aliphatic carboxylic acids is 1. The normalized spacial score (nSPS) is 11.9. The Kier molecular flexibility index (Phi) is 5.27. The molecule has 0 saturated carbocycles. The molecule has 0 bridgehead atoms. The molecule has 116 valence electrons. The van der Waals surface area contributed by atoms with Gasteiger partial charge in [0.2, 0.25) is 0 Å². The maximum absolute atomic E-state index is 12.1. The Bertz CT molecular complexity index is 663. The number of hydrogen-bond acceptors (Lipinski definition) is 4. The summed E-state index contributed by atoms with van der Waals surface area (Å²) >= 11 is 1.37. The summed E-state index contributed by atoms with van der Waals surface area (Å²) < 4.78 is 5.52. The third kappa shape index (κ3) is 3.92. The first kappa shape index (κ1) is 16.2. The monoisotopic (exact) mass is 319 g/mol. The molecule has 1 aromatic carbocycles. The lowest BCUT2D eigenvalue weighted by Crippen LogP contribution is -2.42. The topological polar surface area (TPSA) is 79.5 Å². The van der Waals surface area contributed by atoms with E-state index in [1.165, 1.54) is 11.8 Å². The molecule has 0 radical (unpaired) electrons. The number of carboxylic acids is 1. The third-order valence-electron chi connectivity index (χ3n) is 3.11. The van der Waals surface area contributed by atoms with Crippen LogP contribution in [0.2, 0.25) is 0 Å². The highest BCUT2D eigenvalue weighted by atomic mass is 32.2. The molecule has 6 heteroatoms. The molecular weight excluding hydrogens is 302 g/mol. The summed E-state index contributed by atoms with van der Waals surface area (Å²) in [6, 6.07) is 9.70. The maximum atomic E-state index is 12.1. The van der Waals surface area contributed by atoms with Crippen LogP contribution in [-0.4, -0.2) is 35.0 Å². The highest BCUT2D eigenvalue weighted by Gasteiger charge is 2.20. The van der Waals surface area contributed by atoms with Gasteiger partial charge in [0.05, 0.1) is 0 Å². The Labute approximate surface area is 132 Å². The molecule has 2 rings (SSSR count). The van der Waals surface area contributed by atoms with Gasteiger partial charge in [-0.15, -0.1) is 0 Å². The van der Waals surface area contributed by atoms with E-state index in [4.69, 9.17) is 9.52 Å². The van der Waals surface area contributed by atoms with Gasteiger partial charge in [0.1, 0.15) is 17.6 Å². The quantitative estimate of drug-likeness (QED) is 0.856. The smallest absolute Gasteiger partial charge is 0.327 e. The van der Waals surface area contributed by atoms with Crippen molar-refractivity contribution >= 4 is 23.6 Å². The SMILES string of the molecule is CSC[C@H](NC(=O)c1ccc(-c2ccc(C)o2)cc1)C(=O)O. The van der Waals surface area contributed by atoms with Crippen molar-refractivity contribution in [3.05, 3.63) is 47.7 Å². The Hall–Kier alpha value is -2.21. The number of nitrogens with one attached hydrogen (secondary N) is 1. The van der Waals surface area contributed by atoms with Crippen molar-refractivity contribution in [3.63, 3.8) is 0 Å². The molecule has 0 saturated heterocycles. The first-order chi connectivity index (χ1) is 10.5. The molecule has 0 fully saturated rings. The van der Waals surface area contributed by atoms with Crippen LogP contribution in [0.3, 0.4) is 0 Å². The number of benzene rings is 1. The van der Waals surface area contributed by atoms with Crippen LogP contribution < -0.4 is 5.32 Å². The third-order valence-corrected chi connectivity index (χ3v) is 3.78. The van der Waals surface area contributed by atoms with Crippen LogP contribution in [0.5, 0.6) is 0 Å². The van der Waals surface area contributed by atoms with E-state index in [0.717, 1.165) is 17.1 Å². The summed E-state index contributed by atoms with van der Waals surface area (Å²) in [5.41, 5.74) is 1.28. The van der Waals surface area contributed by atoms with E-state index in [1.807, 2.05) is 19.1 Å². The van der Waals surface area contributed by atoms with Crippen molar-refractivity contribution in [2.75, 3.05) is 12.0 Å². The fourth-order valence-corrected chi connectivity index (χ4v) is 2.52. The van der Waals surface area contributed by atoms with E-state index in [2.05, 4.69) is 5.32 Å². The van der Waals surface area contributed by atoms with E-state index in [0.29, 0.717) is 11.3 Å². The average Bonchev–Trinajstić information content (AvgIpc) is 2.93. The largest absolute Gasteiger partial charge is 0.480 e. The van der Waals surface area contributed by atoms with Crippen LogP contribution in [0, 0.1) is 6.92 Å². The minimum atomic E-state index is -1.04. The zero-order chi connectivity index (χ0) is 16.1. The lowest BCUT2D eigenvalue weighted by atomic mass is 10.1. The number of amides is 1. The van der Waals surface area contributed by atoms with Gasteiger partial charge in [0.15, 0.2) is 0 Å². The summed E-state index contributed by atoms with van der Waals surface area (Å²) in [6.45, 7) is 1.86. The van der Waals surface area contributed by atoms with E-state index in [1.54, 1.807) is 30.5 Å². The number of carbonyl (C=O) groups is 2. The lowest BCUT2D eigenvalue weighted by Gasteiger charge is -2.13. The Morgan fingerprint density at radius 3 is 2.41 bits per heavy atom. The molecule has 0 aliphatic rings. The second kappa shape index (κ2) is 7.17. The number of furan rings is 1. The predicted molar refractivity (Wildman–Crippen MR) is 86.2 cm³/mol. The Balaban J connectivity index is 2.09. The van der Waals surface area contributed by atoms with Crippen molar-refractivity contribution in [1.29, 1.82) is 0 Å². The number of rotatable bonds is 6. The molecular formula is C16H17NO4S. The molecule has 2 aromatic rings. The first-order valence-electron chi connectivity index (χ1n) is 6.70. The van der Waals surface area contributed by atoms with E-state index in [9.17, 15) is 9.59 Å². The van der Waals surface area contributed by atoms with Gasteiger partial charge >= 0.3 is 5.97 Å². The fraction of sp³-hybridized carbons (Fsp3) is 0.250. The summed E-state index contributed by atoms with van der Waals surface area (Å²) in [5.74, 6) is 0.438. The summed E-state index contributed by atoms with van der Waals surface area (Å²) in [6.07, 6.45) is 1.79. The molecule has 0 unspecified atom stereocenters. The molecule has 1 amide bonds. The zero-order valence-corrected chi connectivity index (χ0v) is 13.1. The van der Waals surface area contributed by atoms with Crippen molar-refractivity contribution in [2.45, 2.75) is 13.0 Å². The van der Waals surface area contributed by atoms with Crippen LogP contribution in [0.4, 0.5) is 0 Å². The second-order valence-electron chi connectivity index (χ2n) is 4.81. The number of thioether (sulfide) groups is 1. The number of hydrogen-bond donors (Lipinski definition) is 2. The van der Waals surface area contributed by atoms with Crippen LogP contribution in [0.1, 0.15) is 16.1 Å². The summed E-state index contributed by atoms with van der Waals surface area (Å²) in [5, 5.41) is 11.6. The highest BCUT2D eigenvalue weighted by Crippen LogP contribution is 2.22. The number of aryl methyl sites for hydroxylation is 1. The van der Waals surface area contributed by atoms with Crippen LogP contribution in [0.25, 0.3) is 11.3 Å². The minimum Gasteiger partial charge on any atom is -0.480 e. The van der Waals surface area contributed by atoms with Crippen molar-refractivity contribution in [1.82, 2.24) is 5.32 Å². The van der Waals surface area contributed by atoms with Gasteiger partial charge in [-0.2, -0.15) is 11.8 Å². The maximum Gasteiger partial charge on any atom is 0.327 e. The van der Waals surface area contributed by atoms with Crippen molar-refractivity contribution in [3.8, 4) is 11.3 Å². The standard InChI is InChI=1S/C16H17NO4S/c1-10-3-8-14(21-10)11-4-6-12(7-5-11)15(18)17-13(9-22-2)16(19)20/h3-8,13H,9H2,1-2H3,(H,17,18)(H,19,20)/t13-/m0/s1. The van der Waals surface area contributed by atoms with Gasteiger partial charge in [-0.1, -0.05) is 12.1 Å².